The van der Waals surface area contributed by atoms with Gasteiger partial charge in [-0.15, -0.1) is 0 Å². The summed E-state index contributed by atoms with van der Waals surface area (Å²) in [5, 5.41) is 17.2. The Labute approximate surface area is 168 Å². The fourth-order valence-corrected chi connectivity index (χ4v) is 3.35. The van der Waals surface area contributed by atoms with Gasteiger partial charge in [0.2, 0.25) is 0 Å². The molecule has 0 aliphatic heterocycles. The SMILES string of the molecule is Cc1c(C=O)c(C)n2ncc(C#N)c(Nc3ccc(Oc4ccccc4)cc3)c12. The topological polar surface area (TPSA) is 79.4 Å². The second-order valence-corrected chi connectivity index (χ2v) is 6.61. The van der Waals surface area contributed by atoms with Crippen molar-refractivity contribution in [2.24, 2.45) is 0 Å². The number of aromatic nitrogens is 2. The minimum Gasteiger partial charge on any atom is -0.457 e. The van der Waals surface area contributed by atoms with E-state index >= 15 is 0 Å². The zero-order chi connectivity index (χ0) is 20.4. The molecule has 0 saturated carbocycles. The molecule has 0 aliphatic carbocycles. The van der Waals surface area contributed by atoms with Crippen molar-refractivity contribution >= 4 is 23.2 Å². The van der Waals surface area contributed by atoms with Gasteiger partial charge >= 0.3 is 0 Å². The average molecular weight is 382 g/mol. The van der Waals surface area contributed by atoms with Crippen molar-refractivity contribution in [2.45, 2.75) is 13.8 Å². The van der Waals surface area contributed by atoms with Crippen LogP contribution >= 0.6 is 0 Å². The lowest BCUT2D eigenvalue weighted by molar-refractivity contribution is 0.112. The molecule has 0 bridgehead atoms. The van der Waals surface area contributed by atoms with Crippen LogP contribution in [0, 0.1) is 25.2 Å². The van der Waals surface area contributed by atoms with Gasteiger partial charge in [0.25, 0.3) is 0 Å². The maximum Gasteiger partial charge on any atom is 0.152 e. The van der Waals surface area contributed by atoms with Crippen LogP contribution in [-0.4, -0.2) is 15.9 Å². The van der Waals surface area contributed by atoms with Crippen LogP contribution < -0.4 is 10.1 Å². The Balaban J connectivity index is 1.70. The van der Waals surface area contributed by atoms with Crippen molar-refractivity contribution < 1.29 is 9.53 Å². The minimum absolute atomic E-state index is 0.403. The summed E-state index contributed by atoms with van der Waals surface area (Å²) in [7, 11) is 0. The standard InChI is InChI=1S/C23H18N4O2/c1-15-21(14-28)16(2)27-23(15)22(17(12-24)13-25-27)26-18-8-10-20(11-9-18)29-19-6-4-3-5-7-19/h3-11,13-14,26H,1-2H3. The average Bonchev–Trinajstić information content (AvgIpc) is 3.00. The molecule has 142 valence electrons. The van der Waals surface area contributed by atoms with Crippen LogP contribution in [0.15, 0.2) is 60.8 Å². The van der Waals surface area contributed by atoms with E-state index in [9.17, 15) is 10.1 Å². The summed E-state index contributed by atoms with van der Waals surface area (Å²) >= 11 is 0. The first-order valence-corrected chi connectivity index (χ1v) is 9.08. The van der Waals surface area contributed by atoms with Crippen LogP contribution in [0.2, 0.25) is 0 Å². The maximum atomic E-state index is 11.5. The Kier molecular flexibility index (Phi) is 4.71. The molecule has 0 unspecified atom stereocenters. The van der Waals surface area contributed by atoms with E-state index in [1.807, 2.05) is 68.4 Å². The lowest BCUT2D eigenvalue weighted by atomic mass is 10.1. The Bertz CT molecular complexity index is 1240. The fourth-order valence-electron chi connectivity index (χ4n) is 3.35. The molecule has 0 atom stereocenters. The zero-order valence-corrected chi connectivity index (χ0v) is 16.0. The van der Waals surface area contributed by atoms with E-state index in [2.05, 4.69) is 16.5 Å². The predicted octanol–water partition coefficient (Wildman–Crippen LogP) is 5.17. The van der Waals surface area contributed by atoms with Gasteiger partial charge in [-0.2, -0.15) is 10.4 Å². The van der Waals surface area contributed by atoms with Crippen LogP contribution in [0.4, 0.5) is 11.4 Å². The summed E-state index contributed by atoms with van der Waals surface area (Å²) in [6.07, 6.45) is 2.33. The number of nitriles is 1. The normalized spacial score (nSPS) is 10.5. The molecular formula is C23H18N4O2. The molecule has 0 fully saturated rings. The molecule has 6 heteroatoms. The molecule has 0 aliphatic rings. The Morgan fingerprint density at radius 1 is 1.07 bits per heavy atom. The Morgan fingerprint density at radius 3 is 2.41 bits per heavy atom. The highest BCUT2D eigenvalue weighted by molar-refractivity contribution is 5.92. The van der Waals surface area contributed by atoms with E-state index in [1.165, 1.54) is 6.20 Å². The molecule has 29 heavy (non-hydrogen) atoms. The number of hydrogen-bond donors (Lipinski definition) is 1. The van der Waals surface area contributed by atoms with Gasteiger partial charge in [0.1, 0.15) is 17.6 Å². The third kappa shape index (κ3) is 3.30. The van der Waals surface area contributed by atoms with E-state index in [1.54, 1.807) is 4.52 Å². The summed E-state index contributed by atoms with van der Waals surface area (Å²) in [6, 6.07) is 19.2. The van der Waals surface area contributed by atoms with Crippen molar-refractivity contribution in [1.29, 1.82) is 5.26 Å². The fraction of sp³-hybridized carbons (Fsp3) is 0.0870. The molecule has 4 aromatic rings. The van der Waals surface area contributed by atoms with E-state index in [-0.39, 0.29) is 0 Å². The number of rotatable bonds is 5. The summed E-state index contributed by atoms with van der Waals surface area (Å²) in [5.41, 5.74) is 4.64. The van der Waals surface area contributed by atoms with Gasteiger partial charge in [-0.3, -0.25) is 4.79 Å². The van der Waals surface area contributed by atoms with E-state index in [4.69, 9.17) is 4.74 Å². The third-order valence-corrected chi connectivity index (χ3v) is 4.83. The lowest BCUT2D eigenvalue weighted by Crippen LogP contribution is -2.02. The number of nitrogens with zero attached hydrogens (tertiary/aromatic N) is 3. The number of anilines is 2. The Morgan fingerprint density at radius 2 is 1.76 bits per heavy atom. The first-order valence-electron chi connectivity index (χ1n) is 9.08. The third-order valence-electron chi connectivity index (χ3n) is 4.83. The second kappa shape index (κ2) is 7.49. The number of aryl methyl sites for hydroxylation is 2. The molecule has 1 N–H and O–H groups in total. The number of carbonyl (C=O) groups is 1. The van der Waals surface area contributed by atoms with Crippen LogP contribution in [-0.2, 0) is 0 Å². The van der Waals surface area contributed by atoms with Gasteiger partial charge in [-0.05, 0) is 55.8 Å². The molecule has 4 rings (SSSR count). The van der Waals surface area contributed by atoms with E-state index in [0.717, 1.165) is 29.0 Å². The largest absolute Gasteiger partial charge is 0.457 e. The van der Waals surface area contributed by atoms with Crippen LogP contribution in [0.25, 0.3) is 5.52 Å². The second-order valence-electron chi connectivity index (χ2n) is 6.61. The minimum atomic E-state index is 0.403. The first kappa shape index (κ1) is 18.3. The molecule has 2 heterocycles. The van der Waals surface area contributed by atoms with Gasteiger partial charge in [0.05, 0.1) is 28.7 Å². The summed E-state index contributed by atoms with van der Waals surface area (Å²) in [6.45, 7) is 3.69. The smallest absolute Gasteiger partial charge is 0.152 e. The molecule has 2 aromatic carbocycles. The number of para-hydroxylation sites is 1. The van der Waals surface area contributed by atoms with Gasteiger partial charge in [-0.1, -0.05) is 18.2 Å². The van der Waals surface area contributed by atoms with Crippen LogP contribution in [0.3, 0.4) is 0 Å². The number of ether oxygens (including phenoxy) is 1. The number of aldehydes is 1. The highest BCUT2D eigenvalue weighted by Crippen LogP contribution is 2.32. The molecular weight excluding hydrogens is 364 g/mol. The van der Waals surface area contributed by atoms with Crippen molar-refractivity contribution in [2.75, 3.05) is 5.32 Å². The van der Waals surface area contributed by atoms with Gasteiger partial charge in [0, 0.05) is 11.3 Å². The first-order chi connectivity index (χ1) is 14.1. The highest BCUT2D eigenvalue weighted by Gasteiger charge is 2.18. The molecule has 2 aromatic heterocycles. The van der Waals surface area contributed by atoms with Crippen LogP contribution in [0.1, 0.15) is 27.2 Å². The van der Waals surface area contributed by atoms with Crippen molar-refractivity contribution in [3.63, 3.8) is 0 Å². The Hall–Kier alpha value is -4.11. The van der Waals surface area contributed by atoms with Gasteiger partial charge in [0.15, 0.2) is 6.29 Å². The summed E-state index contributed by atoms with van der Waals surface area (Å²) in [5.74, 6) is 1.47. The highest BCUT2D eigenvalue weighted by atomic mass is 16.5. The number of benzene rings is 2. The molecule has 0 radical (unpaired) electrons. The zero-order valence-electron chi connectivity index (χ0n) is 16.0. The summed E-state index contributed by atoms with van der Waals surface area (Å²) < 4.78 is 7.51. The number of fused-ring (bicyclic) bond motifs is 1. The van der Waals surface area contributed by atoms with Crippen molar-refractivity contribution in [3.8, 4) is 17.6 Å². The lowest BCUT2D eigenvalue weighted by Gasteiger charge is -2.12. The monoisotopic (exact) mass is 382 g/mol. The van der Waals surface area contributed by atoms with Crippen molar-refractivity contribution in [1.82, 2.24) is 9.61 Å². The van der Waals surface area contributed by atoms with Crippen molar-refractivity contribution in [3.05, 3.63) is 83.2 Å². The quantitative estimate of drug-likeness (QED) is 0.482. The molecule has 6 nitrogen and oxygen atoms in total. The van der Waals surface area contributed by atoms with E-state index < -0.39 is 0 Å². The van der Waals surface area contributed by atoms with E-state index in [0.29, 0.717) is 28.1 Å². The maximum absolute atomic E-state index is 11.5. The summed E-state index contributed by atoms with van der Waals surface area (Å²) in [4.78, 5) is 11.5. The molecule has 0 spiro atoms. The van der Waals surface area contributed by atoms with Crippen LogP contribution in [0.5, 0.6) is 11.5 Å². The van der Waals surface area contributed by atoms with Gasteiger partial charge in [-0.25, -0.2) is 4.52 Å². The molecule has 0 amide bonds. The number of nitrogens with one attached hydrogen (secondary N) is 1. The number of carbonyl (C=O) groups excluding carboxylic acids is 1. The predicted molar refractivity (Wildman–Crippen MR) is 111 cm³/mol. The van der Waals surface area contributed by atoms with Gasteiger partial charge < -0.3 is 10.1 Å². The molecule has 0 saturated heterocycles. The number of hydrogen-bond acceptors (Lipinski definition) is 5.